The van der Waals surface area contributed by atoms with Crippen LogP contribution >= 0.6 is 0 Å². The van der Waals surface area contributed by atoms with Crippen LogP contribution in [-0.4, -0.2) is 57.3 Å². The molecule has 7 nitrogen and oxygen atoms in total. The Morgan fingerprint density at radius 2 is 1.92 bits per heavy atom. The van der Waals surface area contributed by atoms with Crippen LogP contribution in [0.2, 0.25) is 0 Å². The number of ether oxygens (including phenoxy) is 1. The van der Waals surface area contributed by atoms with E-state index in [1.165, 1.54) is 0 Å². The van der Waals surface area contributed by atoms with Gasteiger partial charge in [0.1, 0.15) is 17.1 Å². The molecule has 3 rings (SSSR count). The predicted molar refractivity (Wildman–Crippen MR) is 95.8 cm³/mol. The van der Waals surface area contributed by atoms with E-state index in [2.05, 4.69) is 9.88 Å². The molecular formula is C18H26N4O3. The van der Waals surface area contributed by atoms with Crippen molar-refractivity contribution in [3.63, 3.8) is 0 Å². The molecule has 7 heteroatoms. The molecule has 25 heavy (non-hydrogen) atoms. The molecule has 2 aromatic rings. The Morgan fingerprint density at radius 3 is 2.52 bits per heavy atom. The van der Waals surface area contributed by atoms with Gasteiger partial charge in [-0.05, 0) is 39.8 Å². The first-order valence-electron chi connectivity index (χ1n) is 8.63. The number of rotatable bonds is 2. The SMILES string of the molecule is CC(O)c1cn2c(N3CCN(C(=O)OC(C)(C)C)CC3)cccc2n1. The van der Waals surface area contributed by atoms with Crippen LogP contribution in [0, 0.1) is 0 Å². The van der Waals surface area contributed by atoms with E-state index in [4.69, 9.17) is 4.74 Å². The Kier molecular flexibility index (Phi) is 4.60. The number of anilines is 1. The fourth-order valence-corrected chi connectivity index (χ4v) is 2.92. The molecule has 1 atom stereocenters. The van der Waals surface area contributed by atoms with Crippen molar-refractivity contribution in [1.29, 1.82) is 0 Å². The Hall–Kier alpha value is -2.28. The highest BCUT2D eigenvalue weighted by molar-refractivity contribution is 5.68. The molecule has 0 aromatic carbocycles. The number of aliphatic hydroxyl groups is 1. The van der Waals surface area contributed by atoms with Gasteiger partial charge < -0.3 is 19.6 Å². The fraction of sp³-hybridized carbons (Fsp3) is 0.556. The number of amides is 1. The third-order valence-electron chi connectivity index (χ3n) is 4.17. The topological polar surface area (TPSA) is 70.3 Å². The molecule has 0 aliphatic carbocycles. The minimum atomic E-state index is -0.600. The highest BCUT2D eigenvalue weighted by Gasteiger charge is 2.26. The molecule has 0 spiro atoms. The lowest BCUT2D eigenvalue weighted by molar-refractivity contribution is 0.0240. The Balaban J connectivity index is 1.73. The third-order valence-corrected chi connectivity index (χ3v) is 4.17. The number of imidazole rings is 1. The number of aromatic nitrogens is 2. The first kappa shape index (κ1) is 17.5. The molecule has 136 valence electrons. The summed E-state index contributed by atoms with van der Waals surface area (Å²) in [5, 5.41) is 9.77. The molecule has 1 fully saturated rings. The molecule has 1 unspecified atom stereocenters. The van der Waals surface area contributed by atoms with Crippen molar-refractivity contribution in [2.24, 2.45) is 0 Å². The quantitative estimate of drug-likeness (QED) is 0.904. The molecule has 0 saturated carbocycles. The highest BCUT2D eigenvalue weighted by Crippen LogP contribution is 2.22. The van der Waals surface area contributed by atoms with Crippen molar-refractivity contribution in [2.75, 3.05) is 31.1 Å². The summed E-state index contributed by atoms with van der Waals surface area (Å²) in [6.07, 6.45) is 1.01. The van der Waals surface area contributed by atoms with Gasteiger partial charge in [-0.1, -0.05) is 6.07 Å². The number of carbonyl (C=O) groups excluding carboxylic acids is 1. The van der Waals surface area contributed by atoms with Crippen LogP contribution in [0.5, 0.6) is 0 Å². The largest absolute Gasteiger partial charge is 0.444 e. The number of pyridine rings is 1. The lowest BCUT2D eigenvalue weighted by atomic mass is 10.2. The summed E-state index contributed by atoms with van der Waals surface area (Å²) in [6, 6.07) is 5.92. The smallest absolute Gasteiger partial charge is 0.410 e. The number of aliphatic hydroxyl groups excluding tert-OH is 1. The minimum absolute atomic E-state index is 0.260. The molecule has 1 N–H and O–H groups in total. The van der Waals surface area contributed by atoms with Crippen LogP contribution in [-0.2, 0) is 4.74 Å². The Bertz CT molecular complexity index is 755. The second kappa shape index (κ2) is 6.55. The van der Waals surface area contributed by atoms with Gasteiger partial charge in [-0.3, -0.25) is 4.40 Å². The zero-order chi connectivity index (χ0) is 18.2. The van der Waals surface area contributed by atoms with Gasteiger partial charge in [-0.2, -0.15) is 0 Å². The van der Waals surface area contributed by atoms with Crippen LogP contribution in [0.4, 0.5) is 10.6 Å². The van der Waals surface area contributed by atoms with Gasteiger partial charge in [0.15, 0.2) is 0 Å². The van der Waals surface area contributed by atoms with Gasteiger partial charge in [0, 0.05) is 32.4 Å². The maximum atomic E-state index is 12.2. The number of hydrogen-bond donors (Lipinski definition) is 1. The number of carbonyl (C=O) groups is 1. The van der Waals surface area contributed by atoms with Crippen LogP contribution in [0.25, 0.3) is 5.65 Å². The maximum absolute atomic E-state index is 12.2. The van der Waals surface area contributed by atoms with Crippen molar-refractivity contribution in [3.05, 3.63) is 30.1 Å². The van der Waals surface area contributed by atoms with E-state index >= 15 is 0 Å². The van der Waals surface area contributed by atoms with Crippen molar-refractivity contribution in [2.45, 2.75) is 39.4 Å². The van der Waals surface area contributed by atoms with Crippen molar-refractivity contribution in [1.82, 2.24) is 14.3 Å². The minimum Gasteiger partial charge on any atom is -0.444 e. The average Bonchev–Trinajstić information content (AvgIpc) is 2.98. The van der Waals surface area contributed by atoms with E-state index in [0.29, 0.717) is 18.8 Å². The summed E-state index contributed by atoms with van der Waals surface area (Å²) >= 11 is 0. The third kappa shape index (κ3) is 3.87. The summed E-state index contributed by atoms with van der Waals surface area (Å²) in [5.74, 6) is 1.01. The van der Waals surface area contributed by atoms with Crippen LogP contribution < -0.4 is 4.90 Å². The summed E-state index contributed by atoms with van der Waals surface area (Å²) in [7, 11) is 0. The molecule has 2 aromatic heterocycles. The maximum Gasteiger partial charge on any atom is 0.410 e. The molecule has 1 saturated heterocycles. The molecule has 1 amide bonds. The van der Waals surface area contributed by atoms with Crippen LogP contribution in [0.1, 0.15) is 39.5 Å². The van der Waals surface area contributed by atoms with Gasteiger partial charge in [0.25, 0.3) is 0 Å². The predicted octanol–water partition coefficient (Wildman–Crippen LogP) is 2.44. The first-order chi connectivity index (χ1) is 11.7. The molecular weight excluding hydrogens is 320 g/mol. The normalized spacial score (nSPS) is 17.0. The second-order valence-electron chi connectivity index (χ2n) is 7.41. The summed E-state index contributed by atoms with van der Waals surface area (Å²) in [6.45, 7) is 10.0. The van der Waals surface area contributed by atoms with Crippen LogP contribution in [0.15, 0.2) is 24.4 Å². The lowest BCUT2D eigenvalue weighted by Crippen LogP contribution is -2.50. The average molecular weight is 346 g/mol. The monoisotopic (exact) mass is 346 g/mol. The van der Waals surface area contributed by atoms with Gasteiger partial charge in [0.05, 0.1) is 11.8 Å². The Labute approximate surface area is 147 Å². The highest BCUT2D eigenvalue weighted by atomic mass is 16.6. The van der Waals surface area contributed by atoms with E-state index in [0.717, 1.165) is 24.6 Å². The first-order valence-corrected chi connectivity index (χ1v) is 8.63. The van der Waals surface area contributed by atoms with E-state index in [9.17, 15) is 9.90 Å². The van der Waals surface area contributed by atoms with E-state index < -0.39 is 11.7 Å². The molecule has 3 heterocycles. The number of fused-ring (bicyclic) bond motifs is 1. The van der Waals surface area contributed by atoms with Gasteiger partial charge >= 0.3 is 6.09 Å². The van der Waals surface area contributed by atoms with E-state index in [-0.39, 0.29) is 6.09 Å². The molecule has 0 bridgehead atoms. The summed E-state index contributed by atoms with van der Waals surface area (Å²) < 4.78 is 7.43. The number of hydrogen-bond acceptors (Lipinski definition) is 5. The fourth-order valence-electron chi connectivity index (χ4n) is 2.92. The van der Waals surface area contributed by atoms with Crippen molar-refractivity contribution in [3.8, 4) is 0 Å². The van der Waals surface area contributed by atoms with Crippen LogP contribution in [0.3, 0.4) is 0 Å². The molecule has 0 radical (unpaired) electrons. The lowest BCUT2D eigenvalue weighted by Gasteiger charge is -2.36. The van der Waals surface area contributed by atoms with Crippen molar-refractivity contribution >= 4 is 17.6 Å². The molecule has 1 aliphatic rings. The molecule has 1 aliphatic heterocycles. The zero-order valence-corrected chi connectivity index (χ0v) is 15.3. The van der Waals surface area contributed by atoms with E-state index in [1.54, 1.807) is 11.8 Å². The van der Waals surface area contributed by atoms with E-state index in [1.807, 2.05) is 49.6 Å². The number of piperazine rings is 1. The summed E-state index contributed by atoms with van der Waals surface area (Å²) in [4.78, 5) is 20.6. The number of nitrogens with zero attached hydrogens (tertiary/aromatic N) is 4. The zero-order valence-electron chi connectivity index (χ0n) is 15.3. The van der Waals surface area contributed by atoms with Gasteiger partial charge in [-0.15, -0.1) is 0 Å². The second-order valence-corrected chi connectivity index (χ2v) is 7.41. The van der Waals surface area contributed by atoms with Gasteiger partial charge in [0.2, 0.25) is 0 Å². The standard InChI is InChI=1S/C18H26N4O3/c1-13(23)14-12-22-15(19-14)6-5-7-16(22)20-8-10-21(11-9-20)17(24)25-18(2,3)4/h5-7,12-13,23H,8-11H2,1-4H3. The van der Waals surface area contributed by atoms with Gasteiger partial charge in [-0.25, -0.2) is 9.78 Å². The summed E-state index contributed by atoms with van der Waals surface area (Å²) in [5.41, 5.74) is 0.983. The Morgan fingerprint density at radius 1 is 1.24 bits per heavy atom. The van der Waals surface area contributed by atoms with Crippen molar-refractivity contribution < 1.29 is 14.6 Å².